The fourth-order valence-corrected chi connectivity index (χ4v) is 4.17. The van der Waals surface area contributed by atoms with Crippen molar-refractivity contribution in [3.8, 4) is 0 Å². The van der Waals surface area contributed by atoms with E-state index in [-0.39, 0.29) is 16.2 Å². The van der Waals surface area contributed by atoms with Crippen molar-refractivity contribution in [3.05, 3.63) is 65.2 Å². The van der Waals surface area contributed by atoms with Gasteiger partial charge < -0.3 is 4.74 Å². The Labute approximate surface area is 166 Å². The highest BCUT2D eigenvalue weighted by molar-refractivity contribution is 7.89. The number of sulfonamides is 1. The van der Waals surface area contributed by atoms with Crippen LogP contribution in [0.25, 0.3) is 0 Å². The van der Waals surface area contributed by atoms with Crippen molar-refractivity contribution in [2.75, 3.05) is 13.1 Å². The molecular weight excluding hydrogens is 378 g/mol. The number of aryl methyl sites for hydroxylation is 1. The third-order valence-corrected chi connectivity index (χ3v) is 6.49. The van der Waals surface area contributed by atoms with Gasteiger partial charge in [-0.1, -0.05) is 43.7 Å². The van der Waals surface area contributed by atoms with Gasteiger partial charge in [0.2, 0.25) is 15.8 Å². The van der Waals surface area contributed by atoms with Gasteiger partial charge in [0.15, 0.2) is 6.10 Å². The number of nitrogens with zero attached hydrogens (tertiary/aromatic N) is 1. The van der Waals surface area contributed by atoms with Crippen molar-refractivity contribution in [1.82, 2.24) is 4.31 Å². The molecule has 0 amide bonds. The molecule has 28 heavy (non-hydrogen) atoms. The SMILES string of the molecule is CCN(CC)S(=O)(=O)c1ccc(C(=O)O[C@H](C)C(=O)c2ccc(C)cc2)cc1. The largest absolute Gasteiger partial charge is 0.451 e. The lowest BCUT2D eigenvalue weighted by Gasteiger charge is -2.18. The molecule has 0 aliphatic heterocycles. The molecule has 0 aliphatic carbocycles. The van der Waals surface area contributed by atoms with Gasteiger partial charge >= 0.3 is 5.97 Å². The predicted octanol–water partition coefficient (Wildman–Crippen LogP) is 3.45. The zero-order valence-electron chi connectivity index (χ0n) is 16.5. The molecule has 0 fully saturated rings. The maximum absolute atomic E-state index is 12.5. The Hall–Kier alpha value is -2.51. The van der Waals surface area contributed by atoms with Crippen molar-refractivity contribution in [3.63, 3.8) is 0 Å². The minimum Gasteiger partial charge on any atom is -0.451 e. The minimum atomic E-state index is -3.59. The molecule has 0 spiro atoms. The summed E-state index contributed by atoms with van der Waals surface area (Å²) in [5.41, 5.74) is 1.68. The standard InChI is InChI=1S/C21H25NO5S/c1-5-22(6-2)28(25,26)19-13-11-18(12-14-19)21(24)27-16(4)20(23)17-9-7-15(3)8-10-17/h7-14,16H,5-6H2,1-4H3/t16-/m1/s1. The second-order valence-corrected chi connectivity index (χ2v) is 8.33. The van der Waals surface area contributed by atoms with E-state index in [1.54, 1.807) is 26.0 Å². The van der Waals surface area contributed by atoms with Crippen LogP contribution < -0.4 is 0 Å². The van der Waals surface area contributed by atoms with Crippen molar-refractivity contribution >= 4 is 21.8 Å². The van der Waals surface area contributed by atoms with E-state index >= 15 is 0 Å². The highest BCUT2D eigenvalue weighted by Crippen LogP contribution is 2.17. The number of hydrogen-bond donors (Lipinski definition) is 0. The van der Waals surface area contributed by atoms with E-state index in [0.29, 0.717) is 18.7 Å². The molecule has 0 heterocycles. The highest BCUT2D eigenvalue weighted by Gasteiger charge is 2.23. The molecule has 2 aromatic carbocycles. The molecule has 0 saturated carbocycles. The summed E-state index contributed by atoms with van der Waals surface area (Å²) in [7, 11) is -3.59. The summed E-state index contributed by atoms with van der Waals surface area (Å²) < 4.78 is 31.6. The second-order valence-electron chi connectivity index (χ2n) is 6.39. The van der Waals surface area contributed by atoms with E-state index in [0.717, 1.165) is 5.56 Å². The molecule has 0 saturated heterocycles. The van der Waals surface area contributed by atoms with Crippen LogP contribution in [0.1, 0.15) is 47.1 Å². The van der Waals surface area contributed by atoms with Crippen LogP contribution in [0.15, 0.2) is 53.4 Å². The summed E-state index contributed by atoms with van der Waals surface area (Å²) in [4.78, 5) is 24.8. The number of carbonyl (C=O) groups excluding carboxylic acids is 2. The first-order valence-corrected chi connectivity index (χ1v) is 10.6. The summed E-state index contributed by atoms with van der Waals surface area (Å²) in [6, 6.07) is 12.5. The quantitative estimate of drug-likeness (QED) is 0.498. The number of ketones is 1. The molecule has 2 rings (SSSR count). The van der Waals surface area contributed by atoms with Gasteiger partial charge in [0.05, 0.1) is 10.5 Å². The average molecular weight is 404 g/mol. The first-order chi connectivity index (χ1) is 13.2. The number of benzene rings is 2. The number of carbonyl (C=O) groups is 2. The van der Waals surface area contributed by atoms with Crippen LogP contribution in [0, 0.1) is 6.92 Å². The zero-order valence-corrected chi connectivity index (χ0v) is 17.3. The third kappa shape index (κ3) is 4.85. The highest BCUT2D eigenvalue weighted by atomic mass is 32.2. The lowest BCUT2D eigenvalue weighted by Crippen LogP contribution is -2.30. The van der Waals surface area contributed by atoms with E-state index in [1.165, 1.54) is 35.5 Å². The molecule has 6 nitrogen and oxygen atoms in total. The topological polar surface area (TPSA) is 80.8 Å². The lowest BCUT2D eigenvalue weighted by molar-refractivity contribution is 0.0318. The van der Waals surface area contributed by atoms with Crippen molar-refractivity contribution in [2.24, 2.45) is 0 Å². The van der Waals surface area contributed by atoms with Gasteiger partial charge in [-0.05, 0) is 38.1 Å². The van der Waals surface area contributed by atoms with Gasteiger partial charge in [-0.25, -0.2) is 13.2 Å². The van der Waals surface area contributed by atoms with Crippen LogP contribution in [0.5, 0.6) is 0 Å². The number of Topliss-reactive ketones (excluding diaryl/α,β-unsaturated/α-hetero) is 1. The van der Waals surface area contributed by atoms with Crippen molar-refractivity contribution in [1.29, 1.82) is 0 Å². The lowest BCUT2D eigenvalue weighted by atomic mass is 10.1. The van der Waals surface area contributed by atoms with Gasteiger partial charge in [-0.15, -0.1) is 0 Å². The van der Waals surface area contributed by atoms with Crippen LogP contribution in [0.4, 0.5) is 0 Å². The Morgan fingerprint density at radius 3 is 1.93 bits per heavy atom. The van der Waals surface area contributed by atoms with E-state index < -0.39 is 22.1 Å². The monoisotopic (exact) mass is 403 g/mol. The fraction of sp³-hybridized carbons (Fsp3) is 0.333. The van der Waals surface area contributed by atoms with Gasteiger partial charge in [0.25, 0.3) is 0 Å². The molecule has 0 unspecified atom stereocenters. The molecular formula is C21H25NO5S. The number of hydrogen-bond acceptors (Lipinski definition) is 5. The predicted molar refractivity (Wildman–Crippen MR) is 107 cm³/mol. The average Bonchev–Trinajstić information content (AvgIpc) is 2.68. The Kier molecular flexibility index (Phi) is 7.10. The number of esters is 1. The number of rotatable bonds is 8. The van der Waals surface area contributed by atoms with E-state index in [4.69, 9.17) is 4.74 Å². The third-order valence-electron chi connectivity index (χ3n) is 4.42. The first kappa shape index (κ1) is 21.8. The first-order valence-electron chi connectivity index (χ1n) is 9.12. The van der Waals surface area contributed by atoms with E-state index in [9.17, 15) is 18.0 Å². The Bertz CT molecular complexity index is 930. The Morgan fingerprint density at radius 1 is 0.929 bits per heavy atom. The fourth-order valence-electron chi connectivity index (χ4n) is 2.71. The molecule has 1 atom stereocenters. The summed E-state index contributed by atoms with van der Waals surface area (Å²) >= 11 is 0. The Balaban J connectivity index is 2.10. The summed E-state index contributed by atoms with van der Waals surface area (Å²) in [5, 5.41) is 0. The van der Waals surface area contributed by atoms with Crippen LogP contribution in [0.2, 0.25) is 0 Å². The van der Waals surface area contributed by atoms with Crippen LogP contribution >= 0.6 is 0 Å². The summed E-state index contributed by atoms with van der Waals surface area (Å²) in [6.45, 7) is 7.68. The number of ether oxygens (including phenoxy) is 1. The smallest absolute Gasteiger partial charge is 0.338 e. The van der Waals surface area contributed by atoms with Crippen LogP contribution in [-0.2, 0) is 14.8 Å². The normalized spacial score (nSPS) is 12.6. The zero-order chi connectivity index (χ0) is 20.9. The summed E-state index contributed by atoms with van der Waals surface area (Å²) in [5.74, 6) is -0.978. The van der Waals surface area contributed by atoms with Crippen molar-refractivity contribution in [2.45, 2.75) is 38.7 Å². The molecule has 0 aliphatic rings. The summed E-state index contributed by atoms with van der Waals surface area (Å²) in [6.07, 6.45) is -0.950. The van der Waals surface area contributed by atoms with Gasteiger partial charge in [0, 0.05) is 18.7 Å². The van der Waals surface area contributed by atoms with Gasteiger partial charge in [-0.3, -0.25) is 4.79 Å². The molecule has 0 bridgehead atoms. The van der Waals surface area contributed by atoms with Crippen LogP contribution in [0.3, 0.4) is 0 Å². The van der Waals surface area contributed by atoms with E-state index in [1.807, 2.05) is 19.1 Å². The molecule has 150 valence electrons. The molecule has 0 aromatic heterocycles. The molecule has 0 radical (unpaired) electrons. The Morgan fingerprint density at radius 2 is 1.43 bits per heavy atom. The van der Waals surface area contributed by atoms with Crippen molar-refractivity contribution < 1.29 is 22.7 Å². The molecule has 7 heteroatoms. The van der Waals surface area contributed by atoms with Crippen LogP contribution in [-0.4, -0.2) is 43.7 Å². The van der Waals surface area contributed by atoms with Gasteiger partial charge in [0.1, 0.15) is 0 Å². The maximum atomic E-state index is 12.5. The minimum absolute atomic E-state index is 0.108. The van der Waals surface area contributed by atoms with E-state index in [2.05, 4.69) is 0 Å². The second kappa shape index (κ2) is 9.12. The van der Waals surface area contributed by atoms with Gasteiger partial charge in [-0.2, -0.15) is 4.31 Å². The molecule has 0 N–H and O–H groups in total. The molecule has 2 aromatic rings. The maximum Gasteiger partial charge on any atom is 0.338 e.